The molecule has 0 saturated carbocycles. The van der Waals surface area contributed by atoms with Crippen molar-refractivity contribution in [2.24, 2.45) is 0 Å². The summed E-state index contributed by atoms with van der Waals surface area (Å²) in [7, 11) is 4.93. The third-order valence-corrected chi connectivity index (χ3v) is 1.33. The number of para-hydroxylation sites is 2. The number of carbonyl (C=O) groups is 1. The third kappa shape index (κ3) is 2.66. The summed E-state index contributed by atoms with van der Waals surface area (Å²) in [5.41, 5.74) is 0. The van der Waals surface area contributed by atoms with Gasteiger partial charge in [0.1, 0.15) is 0 Å². The van der Waals surface area contributed by atoms with Crippen LogP contribution in [0.15, 0.2) is 24.3 Å². The number of hydrogen-bond acceptors (Lipinski definition) is 3. The quantitative estimate of drug-likeness (QED) is 0.756. The van der Waals surface area contributed by atoms with Crippen LogP contribution in [-0.4, -0.2) is 17.7 Å². The number of rotatable bonds is 4. The smallest absolute Gasteiger partial charge is 0.341 e. The first-order chi connectivity index (χ1) is 6.24. The fraction of sp³-hybridized carbons (Fsp3) is 0.111. The highest BCUT2D eigenvalue weighted by atomic mass is 16.5. The number of ether oxygens (including phenoxy) is 2. The van der Waals surface area contributed by atoms with Crippen molar-refractivity contribution in [2.45, 2.75) is 0 Å². The van der Waals surface area contributed by atoms with Crippen LogP contribution in [0.25, 0.3) is 0 Å². The van der Waals surface area contributed by atoms with Gasteiger partial charge in [-0.05, 0) is 12.1 Å². The molecule has 1 rings (SSSR count). The Morgan fingerprint density at radius 2 is 2.00 bits per heavy atom. The number of benzene rings is 1. The average Bonchev–Trinajstić information content (AvgIpc) is 2.15. The molecule has 0 aliphatic heterocycles. The molecule has 1 aromatic rings. The molecule has 2 radical (unpaired) electrons. The molecule has 0 fully saturated rings. The van der Waals surface area contributed by atoms with Crippen molar-refractivity contribution >= 4 is 5.97 Å². The second-order valence-corrected chi connectivity index (χ2v) is 2.25. The van der Waals surface area contributed by atoms with Crippen molar-refractivity contribution in [1.29, 1.82) is 0 Å². The molecule has 0 amide bonds. The van der Waals surface area contributed by atoms with E-state index in [1.165, 1.54) is 0 Å². The SMILES string of the molecule is [CH]Oc1ccccc1OCC(=O)O. The van der Waals surface area contributed by atoms with E-state index in [4.69, 9.17) is 17.0 Å². The van der Waals surface area contributed by atoms with Crippen molar-refractivity contribution in [3.63, 3.8) is 0 Å². The molecule has 13 heavy (non-hydrogen) atoms. The zero-order chi connectivity index (χ0) is 9.68. The number of carboxylic acid groups (broad SMARTS) is 1. The molecule has 68 valence electrons. The van der Waals surface area contributed by atoms with Gasteiger partial charge in [0.2, 0.25) is 0 Å². The number of hydrogen-bond donors (Lipinski definition) is 1. The van der Waals surface area contributed by atoms with Crippen molar-refractivity contribution in [3.05, 3.63) is 31.4 Å². The maximum atomic E-state index is 10.2. The van der Waals surface area contributed by atoms with E-state index in [2.05, 4.69) is 4.74 Å². The maximum absolute atomic E-state index is 10.2. The number of aliphatic carboxylic acids is 1. The Morgan fingerprint density at radius 1 is 1.38 bits per heavy atom. The van der Waals surface area contributed by atoms with Gasteiger partial charge in [-0.2, -0.15) is 0 Å². The minimum atomic E-state index is -1.05. The highest BCUT2D eigenvalue weighted by Gasteiger charge is 2.04. The standard InChI is InChI=1S/C9H8O4/c1-12-7-4-2-3-5-8(7)13-6-9(10)11/h1-5H,6H2,(H,10,11). The minimum Gasteiger partial charge on any atom is -0.479 e. The van der Waals surface area contributed by atoms with Crippen LogP contribution < -0.4 is 9.47 Å². The van der Waals surface area contributed by atoms with Crippen molar-refractivity contribution in [3.8, 4) is 11.5 Å². The summed E-state index contributed by atoms with van der Waals surface area (Å²) >= 11 is 0. The van der Waals surface area contributed by atoms with Gasteiger partial charge in [0.25, 0.3) is 0 Å². The lowest BCUT2D eigenvalue weighted by molar-refractivity contribution is -0.139. The molecule has 0 aliphatic rings. The molecule has 0 aliphatic carbocycles. The molecule has 0 atom stereocenters. The van der Waals surface area contributed by atoms with E-state index < -0.39 is 12.6 Å². The molecule has 0 aromatic heterocycles. The van der Waals surface area contributed by atoms with Gasteiger partial charge in [-0.25, -0.2) is 4.79 Å². The summed E-state index contributed by atoms with van der Waals surface area (Å²) in [4.78, 5) is 10.2. The first-order valence-corrected chi connectivity index (χ1v) is 3.54. The largest absolute Gasteiger partial charge is 0.479 e. The number of carboxylic acids is 1. The summed E-state index contributed by atoms with van der Waals surface area (Å²) < 4.78 is 9.34. The van der Waals surface area contributed by atoms with Crippen LogP contribution in [0.4, 0.5) is 0 Å². The zero-order valence-electron chi connectivity index (χ0n) is 6.77. The molecule has 0 heterocycles. The van der Waals surface area contributed by atoms with Crippen molar-refractivity contribution in [2.75, 3.05) is 6.61 Å². The van der Waals surface area contributed by atoms with E-state index in [0.29, 0.717) is 11.5 Å². The molecule has 4 nitrogen and oxygen atoms in total. The van der Waals surface area contributed by atoms with Crippen LogP contribution in [0, 0.1) is 7.11 Å². The van der Waals surface area contributed by atoms with E-state index in [0.717, 1.165) is 0 Å². The van der Waals surface area contributed by atoms with E-state index in [1.807, 2.05) is 0 Å². The molecular weight excluding hydrogens is 172 g/mol. The van der Waals surface area contributed by atoms with Gasteiger partial charge >= 0.3 is 5.97 Å². The van der Waals surface area contributed by atoms with Gasteiger partial charge in [0.05, 0.1) is 0 Å². The van der Waals surface area contributed by atoms with E-state index in [9.17, 15) is 4.79 Å². The lowest BCUT2D eigenvalue weighted by Crippen LogP contribution is -2.09. The monoisotopic (exact) mass is 180 g/mol. The van der Waals surface area contributed by atoms with Gasteiger partial charge < -0.3 is 14.6 Å². The molecule has 0 unspecified atom stereocenters. The molecule has 1 aromatic carbocycles. The molecule has 0 bridgehead atoms. The fourth-order valence-corrected chi connectivity index (χ4v) is 0.806. The van der Waals surface area contributed by atoms with Crippen LogP contribution in [0.3, 0.4) is 0 Å². The van der Waals surface area contributed by atoms with Gasteiger partial charge in [0.15, 0.2) is 25.2 Å². The lowest BCUT2D eigenvalue weighted by Gasteiger charge is -2.06. The summed E-state index contributed by atoms with van der Waals surface area (Å²) in [6, 6.07) is 6.55. The molecular formula is C9H8O4. The Labute approximate surface area is 75.7 Å². The fourth-order valence-electron chi connectivity index (χ4n) is 0.806. The second-order valence-electron chi connectivity index (χ2n) is 2.25. The Morgan fingerprint density at radius 3 is 2.54 bits per heavy atom. The van der Waals surface area contributed by atoms with Crippen LogP contribution >= 0.6 is 0 Å². The first kappa shape index (κ1) is 9.38. The van der Waals surface area contributed by atoms with Crippen LogP contribution in [-0.2, 0) is 4.79 Å². The van der Waals surface area contributed by atoms with E-state index in [-0.39, 0.29) is 0 Å². The Hall–Kier alpha value is -1.71. The normalized spacial score (nSPS) is 9.31. The van der Waals surface area contributed by atoms with E-state index >= 15 is 0 Å². The van der Waals surface area contributed by atoms with Crippen LogP contribution in [0.5, 0.6) is 11.5 Å². The van der Waals surface area contributed by atoms with Crippen molar-refractivity contribution < 1.29 is 19.4 Å². The first-order valence-electron chi connectivity index (χ1n) is 3.54. The minimum absolute atomic E-state index is 0.309. The maximum Gasteiger partial charge on any atom is 0.341 e. The highest BCUT2D eigenvalue weighted by Crippen LogP contribution is 2.25. The Kier molecular flexibility index (Phi) is 3.14. The summed E-state index contributed by atoms with van der Waals surface area (Å²) in [5.74, 6) is -0.428. The summed E-state index contributed by atoms with van der Waals surface area (Å²) in [6.45, 7) is -0.416. The van der Waals surface area contributed by atoms with Gasteiger partial charge in [-0.1, -0.05) is 12.1 Å². The van der Waals surface area contributed by atoms with Gasteiger partial charge in [-0.3, -0.25) is 0 Å². The predicted octanol–water partition coefficient (Wildman–Crippen LogP) is 1.20. The molecule has 1 N–H and O–H groups in total. The molecule has 0 spiro atoms. The Balaban J connectivity index is 2.69. The van der Waals surface area contributed by atoms with Crippen molar-refractivity contribution in [1.82, 2.24) is 0 Å². The van der Waals surface area contributed by atoms with E-state index in [1.54, 1.807) is 24.3 Å². The van der Waals surface area contributed by atoms with Crippen LogP contribution in [0.1, 0.15) is 0 Å². The average molecular weight is 180 g/mol. The lowest BCUT2D eigenvalue weighted by atomic mass is 10.3. The second kappa shape index (κ2) is 4.35. The Bertz CT molecular complexity index is 295. The van der Waals surface area contributed by atoms with Gasteiger partial charge in [-0.15, -0.1) is 0 Å². The summed E-state index contributed by atoms with van der Waals surface area (Å²) in [6.07, 6.45) is 0. The van der Waals surface area contributed by atoms with Gasteiger partial charge in [0, 0.05) is 0 Å². The topological polar surface area (TPSA) is 55.8 Å². The zero-order valence-corrected chi connectivity index (χ0v) is 6.77. The highest BCUT2D eigenvalue weighted by molar-refractivity contribution is 5.68. The molecule has 0 saturated heterocycles. The summed E-state index contributed by atoms with van der Waals surface area (Å²) in [5, 5.41) is 8.34. The molecule has 4 heteroatoms. The van der Waals surface area contributed by atoms with Crippen LogP contribution in [0.2, 0.25) is 0 Å². The predicted molar refractivity (Wildman–Crippen MR) is 44.5 cm³/mol. The third-order valence-electron chi connectivity index (χ3n) is 1.33.